The van der Waals surface area contributed by atoms with Crippen molar-refractivity contribution in [2.75, 3.05) is 19.0 Å². The Labute approximate surface area is 96.9 Å². The lowest BCUT2D eigenvalue weighted by atomic mass is 10.0. The van der Waals surface area contributed by atoms with E-state index in [-0.39, 0.29) is 0 Å². The van der Waals surface area contributed by atoms with Crippen molar-refractivity contribution < 1.29 is 0 Å². The number of aromatic nitrogens is 1. The van der Waals surface area contributed by atoms with Crippen molar-refractivity contribution in [2.45, 2.75) is 19.8 Å². The molecule has 0 N–H and O–H groups in total. The van der Waals surface area contributed by atoms with Gasteiger partial charge in [0.05, 0.1) is 5.52 Å². The van der Waals surface area contributed by atoms with E-state index in [4.69, 9.17) is 0 Å². The summed E-state index contributed by atoms with van der Waals surface area (Å²) in [6.07, 6.45) is 0. The molecule has 0 fully saturated rings. The molecule has 0 spiro atoms. The van der Waals surface area contributed by atoms with Crippen molar-refractivity contribution in [1.82, 2.24) is 4.98 Å². The van der Waals surface area contributed by atoms with Crippen LogP contribution in [0.4, 0.5) is 5.82 Å². The maximum atomic E-state index is 4.60. The Balaban J connectivity index is 2.53. The highest BCUT2D eigenvalue weighted by molar-refractivity contribution is 5.81. The van der Waals surface area contributed by atoms with E-state index in [2.05, 4.69) is 49.2 Å². The molecule has 0 atom stereocenters. The molecule has 0 bridgehead atoms. The molecule has 0 saturated carbocycles. The Kier molecular flexibility index (Phi) is 2.82. The smallest absolute Gasteiger partial charge is 0.128 e. The molecule has 0 aliphatic rings. The first kappa shape index (κ1) is 10.9. The van der Waals surface area contributed by atoms with Gasteiger partial charge in [-0.1, -0.05) is 19.9 Å². The van der Waals surface area contributed by atoms with Crippen LogP contribution >= 0.6 is 0 Å². The van der Waals surface area contributed by atoms with E-state index >= 15 is 0 Å². The van der Waals surface area contributed by atoms with Crippen LogP contribution in [0.3, 0.4) is 0 Å². The molecule has 2 heteroatoms. The van der Waals surface area contributed by atoms with Gasteiger partial charge in [-0.3, -0.25) is 0 Å². The number of fused-ring (bicyclic) bond motifs is 1. The maximum absolute atomic E-state index is 4.60. The number of hydrogen-bond acceptors (Lipinski definition) is 2. The molecule has 0 aliphatic carbocycles. The van der Waals surface area contributed by atoms with Crippen molar-refractivity contribution in [3.8, 4) is 0 Å². The molecule has 1 heterocycles. The molecule has 0 unspecified atom stereocenters. The fourth-order valence-electron chi connectivity index (χ4n) is 1.74. The zero-order valence-corrected chi connectivity index (χ0v) is 10.4. The van der Waals surface area contributed by atoms with Crippen LogP contribution in [0, 0.1) is 0 Å². The van der Waals surface area contributed by atoms with Crippen LogP contribution in [0.1, 0.15) is 25.3 Å². The van der Waals surface area contributed by atoms with Gasteiger partial charge in [-0.15, -0.1) is 0 Å². The van der Waals surface area contributed by atoms with Crippen LogP contribution in [0.5, 0.6) is 0 Å². The average Bonchev–Trinajstić information content (AvgIpc) is 2.27. The van der Waals surface area contributed by atoms with Crippen molar-refractivity contribution in [3.63, 3.8) is 0 Å². The molecular weight excluding hydrogens is 196 g/mol. The number of anilines is 1. The highest BCUT2D eigenvalue weighted by atomic mass is 15.1. The van der Waals surface area contributed by atoms with Gasteiger partial charge in [-0.2, -0.15) is 0 Å². The summed E-state index contributed by atoms with van der Waals surface area (Å²) in [5.41, 5.74) is 2.43. The first-order valence-electron chi connectivity index (χ1n) is 5.66. The number of pyridine rings is 1. The van der Waals surface area contributed by atoms with Crippen molar-refractivity contribution >= 4 is 16.7 Å². The Morgan fingerprint density at radius 2 is 1.81 bits per heavy atom. The second-order valence-electron chi connectivity index (χ2n) is 4.67. The largest absolute Gasteiger partial charge is 0.363 e. The van der Waals surface area contributed by atoms with E-state index in [1.165, 1.54) is 10.9 Å². The lowest BCUT2D eigenvalue weighted by Gasteiger charge is -2.12. The van der Waals surface area contributed by atoms with Gasteiger partial charge in [0.25, 0.3) is 0 Å². The summed E-state index contributed by atoms with van der Waals surface area (Å²) in [6.45, 7) is 4.42. The molecule has 1 aromatic heterocycles. The monoisotopic (exact) mass is 214 g/mol. The topological polar surface area (TPSA) is 16.1 Å². The van der Waals surface area contributed by atoms with Gasteiger partial charge in [0.2, 0.25) is 0 Å². The SMILES string of the molecule is CC(C)c1ccc2nc(N(C)C)ccc2c1. The van der Waals surface area contributed by atoms with Gasteiger partial charge in [0, 0.05) is 19.5 Å². The number of benzene rings is 1. The summed E-state index contributed by atoms with van der Waals surface area (Å²) in [7, 11) is 4.02. The summed E-state index contributed by atoms with van der Waals surface area (Å²) in [5, 5.41) is 1.22. The first-order valence-corrected chi connectivity index (χ1v) is 5.66. The normalized spacial score (nSPS) is 11.1. The molecule has 2 aromatic rings. The summed E-state index contributed by atoms with van der Waals surface area (Å²) in [4.78, 5) is 6.62. The highest BCUT2D eigenvalue weighted by Gasteiger charge is 2.03. The summed E-state index contributed by atoms with van der Waals surface area (Å²) in [5.74, 6) is 1.57. The minimum Gasteiger partial charge on any atom is -0.363 e. The van der Waals surface area contributed by atoms with Gasteiger partial charge in [-0.25, -0.2) is 4.98 Å². The maximum Gasteiger partial charge on any atom is 0.128 e. The number of nitrogens with zero attached hydrogens (tertiary/aromatic N) is 2. The van der Waals surface area contributed by atoms with Gasteiger partial charge >= 0.3 is 0 Å². The van der Waals surface area contributed by atoms with Crippen molar-refractivity contribution in [2.24, 2.45) is 0 Å². The average molecular weight is 214 g/mol. The van der Waals surface area contributed by atoms with Crippen LogP contribution in [0.2, 0.25) is 0 Å². The lowest BCUT2D eigenvalue weighted by molar-refractivity contribution is 0.868. The van der Waals surface area contributed by atoms with Crippen LogP contribution < -0.4 is 4.90 Å². The minimum absolute atomic E-state index is 0.568. The third-order valence-corrected chi connectivity index (χ3v) is 2.82. The predicted molar refractivity (Wildman–Crippen MR) is 70.2 cm³/mol. The zero-order valence-electron chi connectivity index (χ0n) is 10.4. The zero-order chi connectivity index (χ0) is 11.7. The Morgan fingerprint density at radius 3 is 2.44 bits per heavy atom. The fraction of sp³-hybridized carbons (Fsp3) is 0.357. The molecule has 2 rings (SSSR count). The van der Waals surface area contributed by atoms with E-state index in [9.17, 15) is 0 Å². The third-order valence-electron chi connectivity index (χ3n) is 2.82. The van der Waals surface area contributed by atoms with Gasteiger partial charge < -0.3 is 4.90 Å². The fourth-order valence-corrected chi connectivity index (χ4v) is 1.74. The van der Waals surface area contributed by atoms with Gasteiger partial charge in [0.15, 0.2) is 0 Å². The molecule has 0 amide bonds. The molecule has 16 heavy (non-hydrogen) atoms. The van der Waals surface area contributed by atoms with E-state index in [0.717, 1.165) is 11.3 Å². The van der Waals surface area contributed by atoms with Crippen LogP contribution in [0.15, 0.2) is 30.3 Å². The number of hydrogen-bond donors (Lipinski definition) is 0. The quantitative estimate of drug-likeness (QED) is 0.761. The molecule has 0 radical (unpaired) electrons. The Hall–Kier alpha value is -1.57. The van der Waals surface area contributed by atoms with Crippen molar-refractivity contribution in [1.29, 1.82) is 0 Å². The van der Waals surface area contributed by atoms with Crippen LogP contribution in [-0.2, 0) is 0 Å². The van der Waals surface area contributed by atoms with E-state index in [0.29, 0.717) is 5.92 Å². The standard InChI is InChI=1S/C14H18N2/c1-10(2)11-5-7-13-12(9-11)6-8-14(15-13)16(3)4/h5-10H,1-4H3. The predicted octanol–water partition coefficient (Wildman–Crippen LogP) is 3.42. The first-order chi connectivity index (χ1) is 7.58. The Bertz CT molecular complexity index is 454. The summed E-state index contributed by atoms with van der Waals surface area (Å²) in [6, 6.07) is 10.7. The molecule has 2 nitrogen and oxygen atoms in total. The van der Waals surface area contributed by atoms with Crippen LogP contribution in [0.25, 0.3) is 10.9 Å². The molecule has 1 aromatic carbocycles. The molecule has 0 saturated heterocycles. The number of rotatable bonds is 2. The summed E-state index contributed by atoms with van der Waals surface area (Å²) < 4.78 is 0. The lowest BCUT2D eigenvalue weighted by Crippen LogP contribution is -2.10. The van der Waals surface area contributed by atoms with Gasteiger partial charge in [0.1, 0.15) is 5.82 Å². The second-order valence-corrected chi connectivity index (χ2v) is 4.67. The second kappa shape index (κ2) is 4.12. The van der Waals surface area contributed by atoms with E-state index in [1.54, 1.807) is 0 Å². The van der Waals surface area contributed by atoms with E-state index < -0.39 is 0 Å². The minimum atomic E-state index is 0.568. The van der Waals surface area contributed by atoms with Crippen molar-refractivity contribution in [3.05, 3.63) is 35.9 Å². The molecular formula is C14H18N2. The molecule has 0 aliphatic heterocycles. The Morgan fingerprint density at radius 1 is 1.06 bits per heavy atom. The van der Waals surface area contributed by atoms with Crippen LogP contribution in [-0.4, -0.2) is 19.1 Å². The van der Waals surface area contributed by atoms with Gasteiger partial charge in [-0.05, 0) is 35.7 Å². The van der Waals surface area contributed by atoms with E-state index in [1.807, 2.05) is 19.0 Å². The highest BCUT2D eigenvalue weighted by Crippen LogP contribution is 2.22. The summed E-state index contributed by atoms with van der Waals surface area (Å²) >= 11 is 0. The third kappa shape index (κ3) is 2.01. The molecule has 84 valence electrons.